The second-order valence-electron chi connectivity index (χ2n) is 9.19. The fourth-order valence-corrected chi connectivity index (χ4v) is 3.94. The van der Waals surface area contributed by atoms with E-state index < -0.39 is 0 Å². The molecular weight excluding hydrogens is 398 g/mol. The van der Waals surface area contributed by atoms with Gasteiger partial charge in [0.1, 0.15) is 0 Å². The Balaban J connectivity index is 1.46. The SMILES string of the molecule is CC(C)(C)NC(=O)c1ccc(C(=O)Nc2ccccc2CN2CCc3ccccc32)cc1. The number of carbonyl (C=O) groups is 2. The van der Waals surface area contributed by atoms with E-state index in [9.17, 15) is 9.59 Å². The van der Waals surface area contributed by atoms with Crippen LogP contribution in [0.5, 0.6) is 0 Å². The van der Waals surface area contributed by atoms with Crippen LogP contribution in [0.3, 0.4) is 0 Å². The number of para-hydroxylation sites is 2. The van der Waals surface area contributed by atoms with Gasteiger partial charge in [-0.05, 0) is 74.7 Å². The van der Waals surface area contributed by atoms with Gasteiger partial charge in [-0.2, -0.15) is 0 Å². The summed E-state index contributed by atoms with van der Waals surface area (Å²) in [6, 6.07) is 23.1. The van der Waals surface area contributed by atoms with Crippen LogP contribution in [-0.2, 0) is 13.0 Å². The summed E-state index contributed by atoms with van der Waals surface area (Å²) in [5.74, 6) is -0.345. The second-order valence-corrected chi connectivity index (χ2v) is 9.19. The molecule has 0 saturated heterocycles. The van der Waals surface area contributed by atoms with Gasteiger partial charge >= 0.3 is 0 Å². The molecular formula is C27H29N3O2. The van der Waals surface area contributed by atoms with Crippen LogP contribution in [0.25, 0.3) is 0 Å². The van der Waals surface area contributed by atoms with Crippen molar-refractivity contribution in [2.24, 2.45) is 0 Å². The summed E-state index contributed by atoms with van der Waals surface area (Å²) < 4.78 is 0. The first kappa shape index (κ1) is 21.6. The van der Waals surface area contributed by atoms with Crippen molar-refractivity contribution >= 4 is 23.2 Å². The molecule has 5 nitrogen and oxygen atoms in total. The van der Waals surface area contributed by atoms with Gasteiger partial charge in [-0.3, -0.25) is 9.59 Å². The number of anilines is 2. The molecule has 0 aliphatic carbocycles. The van der Waals surface area contributed by atoms with Crippen LogP contribution in [0.4, 0.5) is 11.4 Å². The first-order valence-electron chi connectivity index (χ1n) is 10.9. The molecule has 3 aromatic carbocycles. The molecule has 3 aromatic rings. The van der Waals surface area contributed by atoms with Crippen LogP contribution in [0.1, 0.15) is 52.6 Å². The lowest BCUT2D eigenvalue weighted by Crippen LogP contribution is -2.40. The number of amides is 2. The van der Waals surface area contributed by atoms with Gasteiger partial charge in [0.2, 0.25) is 0 Å². The molecule has 5 heteroatoms. The average molecular weight is 428 g/mol. The zero-order valence-electron chi connectivity index (χ0n) is 18.8. The predicted molar refractivity (Wildman–Crippen MR) is 129 cm³/mol. The van der Waals surface area contributed by atoms with Crippen LogP contribution < -0.4 is 15.5 Å². The Morgan fingerprint density at radius 1 is 0.844 bits per heavy atom. The monoisotopic (exact) mass is 427 g/mol. The molecule has 0 fully saturated rings. The van der Waals surface area contributed by atoms with Gasteiger partial charge < -0.3 is 15.5 Å². The topological polar surface area (TPSA) is 61.4 Å². The maximum Gasteiger partial charge on any atom is 0.255 e. The number of benzene rings is 3. The minimum absolute atomic E-state index is 0.152. The summed E-state index contributed by atoms with van der Waals surface area (Å²) in [4.78, 5) is 27.5. The Hall–Kier alpha value is -3.60. The number of fused-ring (bicyclic) bond motifs is 1. The first-order valence-corrected chi connectivity index (χ1v) is 10.9. The van der Waals surface area contributed by atoms with Crippen molar-refractivity contribution in [2.75, 3.05) is 16.8 Å². The minimum atomic E-state index is -0.313. The number of rotatable bonds is 5. The van der Waals surface area contributed by atoms with Gasteiger partial charge in [-0.15, -0.1) is 0 Å². The summed E-state index contributed by atoms with van der Waals surface area (Å²) in [5, 5.41) is 5.97. The molecule has 0 saturated carbocycles. The smallest absolute Gasteiger partial charge is 0.255 e. The lowest BCUT2D eigenvalue weighted by Gasteiger charge is -2.21. The number of hydrogen-bond donors (Lipinski definition) is 2. The fraction of sp³-hybridized carbons (Fsp3) is 0.259. The third-order valence-electron chi connectivity index (χ3n) is 5.51. The van der Waals surface area contributed by atoms with E-state index in [1.807, 2.05) is 39.0 Å². The highest BCUT2D eigenvalue weighted by Crippen LogP contribution is 2.30. The summed E-state index contributed by atoms with van der Waals surface area (Å²) in [6.45, 7) is 7.51. The second kappa shape index (κ2) is 8.87. The van der Waals surface area contributed by atoms with Crippen molar-refractivity contribution in [2.45, 2.75) is 39.3 Å². The molecule has 0 aromatic heterocycles. The molecule has 0 spiro atoms. The third kappa shape index (κ3) is 4.99. The maximum absolute atomic E-state index is 12.9. The Morgan fingerprint density at radius 3 is 2.19 bits per heavy atom. The number of nitrogens with one attached hydrogen (secondary N) is 2. The molecule has 0 unspecified atom stereocenters. The van der Waals surface area contributed by atoms with Crippen molar-refractivity contribution in [3.05, 3.63) is 95.1 Å². The van der Waals surface area contributed by atoms with Gasteiger partial charge in [0.05, 0.1) is 0 Å². The zero-order chi connectivity index (χ0) is 22.7. The Bertz CT molecular complexity index is 1130. The lowest BCUT2D eigenvalue weighted by molar-refractivity contribution is 0.0918. The maximum atomic E-state index is 12.9. The summed E-state index contributed by atoms with van der Waals surface area (Å²) in [7, 11) is 0. The fourth-order valence-electron chi connectivity index (χ4n) is 3.94. The van der Waals surface area contributed by atoms with E-state index in [2.05, 4.69) is 45.9 Å². The molecule has 1 aliphatic heterocycles. The summed E-state index contributed by atoms with van der Waals surface area (Å²) >= 11 is 0. The quantitative estimate of drug-likeness (QED) is 0.600. The van der Waals surface area contributed by atoms with Crippen molar-refractivity contribution < 1.29 is 9.59 Å². The Labute approximate surface area is 189 Å². The first-order chi connectivity index (χ1) is 15.3. The van der Waals surface area contributed by atoms with Crippen molar-refractivity contribution in [3.63, 3.8) is 0 Å². The minimum Gasteiger partial charge on any atom is -0.367 e. The van der Waals surface area contributed by atoms with Crippen LogP contribution in [0, 0.1) is 0 Å². The van der Waals surface area contributed by atoms with Gasteiger partial charge in [0.25, 0.3) is 11.8 Å². The molecule has 0 atom stereocenters. The highest BCUT2D eigenvalue weighted by Gasteiger charge is 2.20. The normalized spacial score (nSPS) is 12.9. The Kier molecular flexibility index (Phi) is 5.99. The number of hydrogen-bond acceptors (Lipinski definition) is 3. The van der Waals surface area contributed by atoms with E-state index in [1.54, 1.807) is 24.3 Å². The van der Waals surface area contributed by atoms with E-state index in [0.717, 1.165) is 30.8 Å². The van der Waals surface area contributed by atoms with E-state index >= 15 is 0 Å². The average Bonchev–Trinajstić information content (AvgIpc) is 3.17. The van der Waals surface area contributed by atoms with Crippen LogP contribution >= 0.6 is 0 Å². The van der Waals surface area contributed by atoms with Gasteiger partial charge in [-0.1, -0.05) is 36.4 Å². The van der Waals surface area contributed by atoms with Crippen LogP contribution in [-0.4, -0.2) is 23.9 Å². The molecule has 4 rings (SSSR count). The predicted octanol–water partition coefficient (Wildman–Crippen LogP) is 5.03. The number of carbonyl (C=O) groups excluding carboxylic acids is 2. The van der Waals surface area contributed by atoms with Crippen LogP contribution in [0.2, 0.25) is 0 Å². The lowest BCUT2D eigenvalue weighted by atomic mass is 10.1. The van der Waals surface area contributed by atoms with E-state index in [4.69, 9.17) is 0 Å². The molecule has 164 valence electrons. The van der Waals surface area contributed by atoms with Gasteiger partial charge in [-0.25, -0.2) is 0 Å². The zero-order valence-corrected chi connectivity index (χ0v) is 18.8. The van der Waals surface area contributed by atoms with Crippen molar-refractivity contribution in [3.8, 4) is 0 Å². The highest BCUT2D eigenvalue weighted by atomic mass is 16.2. The summed E-state index contributed by atoms with van der Waals surface area (Å²) in [5.41, 5.74) is 5.23. The van der Waals surface area contributed by atoms with Crippen LogP contribution in [0.15, 0.2) is 72.8 Å². The number of nitrogens with zero attached hydrogens (tertiary/aromatic N) is 1. The van der Waals surface area contributed by atoms with E-state index in [-0.39, 0.29) is 17.4 Å². The van der Waals surface area contributed by atoms with Crippen molar-refractivity contribution in [1.82, 2.24) is 5.32 Å². The molecule has 1 aliphatic rings. The molecule has 1 heterocycles. The highest BCUT2D eigenvalue weighted by molar-refractivity contribution is 6.05. The van der Waals surface area contributed by atoms with E-state index in [0.29, 0.717) is 11.1 Å². The molecule has 32 heavy (non-hydrogen) atoms. The molecule has 2 amide bonds. The molecule has 0 bridgehead atoms. The van der Waals surface area contributed by atoms with Crippen molar-refractivity contribution in [1.29, 1.82) is 0 Å². The standard InChI is InChI=1S/C27H29N3O2/c1-27(2,3)29-26(32)21-14-12-20(13-15-21)25(31)28-23-10-6-4-9-22(23)18-30-17-16-19-8-5-7-11-24(19)30/h4-15H,16-18H2,1-3H3,(H,28,31)(H,29,32). The largest absolute Gasteiger partial charge is 0.367 e. The van der Waals surface area contributed by atoms with Gasteiger partial charge in [0, 0.05) is 41.1 Å². The van der Waals surface area contributed by atoms with Gasteiger partial charge in [0.15, 0.2) is 0 Å². The van der Waals surface area contributed by atoms with E-state index in [1.165, 1.54) is 11.3 Å². The molecule has 0 radical (unpaired) electrons. The summed E-state index contributed by atoms with van der Waals surface area (Å²) in [6.07, 6.45) is 1.04. The molecule has 2 N–H and O–H groups in total. The third-order valence-corrected chi connectivity index (χ3v) is 5.51. The Morgan fingerprint density at radius 2 is 1.47 bits per heavy atom.